The SMILES string of the molecule is CNCC(=O)N1CCN(Cc2ccc(-c3cc4nccc(Oc5ccc(NC(=O)NC6CC6)cc5F)c4s3)nc2)CC1. The molecule has 0 bridgehead atoms. The first-order valence-corrected chi connectivity index (χ1v) is 14.8. The van der Waals surface area contributed by atoms with Gasteiger partial charge >= 0.3 is 6.03 Å². The number of nitrogens with zero attached hydrogens (tertiary/aromatic N) is 4. The first-order valence-electron chi connectivity index (χ1n) is 14.0. The highest BCUT2D eigenvalue weighted by Gasteiger charge is 2.23. The number of urea groups is 1. The molecule has 12 heteroatoms. The number of hydrogen-bond acceptors (Lipinski definition) is 8. The lowest BCUT2D eigenvalue weighted by Gasteiger charge is -2.34. The van der Waals surface area contributed by atoms with Gasteiger partial charge in [-0.1, -0.05) is 6.07 Å². The summed E-state index contributed by atoms with van der Waals surface area (Å²) >= 11 is 1.48. The molecule has 0 spiro atoms. The number of nitrogens with one attached hydrogen (secondary N) is 3. The third kappa shape index (κ3) is 6.67. The highest BCUT2D eigenvalue weighted by molar-refractivity contribution is 7.22. The summed E-state index contributed by atoms with van der Waals surface area (Å²) in [5.74, 6) is 0.107. The number of halogens is 1. The standard InChI is InChI=1S/C30H32FN7O3S/c1-32-17-28(39)38-12-10-37(11-13-38)18-19-2-6-23(34-16-19)27-15-24-29(42-27)26(8-9-33-24)41-25-7-5-21(14-22(25)31)36-30(40)35-20-3-4-20/h2,5-9,14-16,20,32H,3-4,10-13,17-18H2,1H3,(H2,35,36,40). The maximum atomic E-state index is 14.9. The van der Waals surface area contributed by atoms with Crippen LogP contribution in [0.3, 0.4) is 0 Å². The predicted octanol–water partition coefficient (Wildman–Crippen LogP) is 4.44. The van der Waals surface area contributed by atoms with Gasteiger partial charge in [-0.2, -0.15) is 0 Å². The second-order valence-corrected chi connectivity index (χ2v) is 11.5. The molecule has 2 aliphatic rings. The van der Waals surface area contributed by atoms with Crippen LogP contribution in [0, 0.1) is 5.82 Å². The zero-order chi connectivity index (χ0) is 29.1. The highest BCUT2D eigenvalue weighted by atomic mass is 32.1. The summed E-state index contributed by atoms with van der Waals surface area (Å²) in [6.45, 7) is 4.27. The maximum absolute atomic E-state index is 14.9. The fraction of sp³-hybridized carbons (Fsp3) is 0.333. The molecule has 218 valence electrons. The zero-order valence-electron chi connectivity index (χ0n) is 23.2. The minimum absolute atomic E-state index is 0.0558. The van der Waals surface area contributed by atoms with Gasteiger partial charge in [0.2, 0.25) is 5.91 Å². The molecule has 3 N–H and O–H groups in total. The van der Waals surface area contributed by atoms with E-state index in [0.717, 1.165) is 71.9 Å². The molecule has 10 nitrogen and oxygen atoms in total. The molecule has 3 amide bonds. The highest BCUT2D eigenvalue weighted by Crippen LogP contribution is 2.39. The number of piperazine rings is 1. The molecule has 1 aliphatic carbocycles. The van der Waals surface area contributed by atoms with Crippen LogP contribution in [0.2, 0.25) is 0 Å². The molecule has 42 heavy (non-hydrogen) atoms. The quantitative estimate of drug-likeness (QED) is 0.265. The van der Waals surface area contributed by atoms with Gasteiger partial charge in [-0.3, -0.25) is 19.7 Å². The Balaban J connectivity index is 1.10. The number of benzene rings is 1. The topological polar surface area (TPSA) is 112 Å². The number of rotatable bonds is 9. The van der Waals surface area contributed by atoms with Crippen LogP contribution < -0.4 is 20.7 Å². The van der Waals surface area contributed by atoms with Crippen molar-refractivity contribution in [3.63, 3.8) is 0 Å². The van der Waals surface area contributed by atoms with Crippen LogP contribution >= 0.6 is 11.3 Å². The third-order valence-corrected chi connectivity index (χ3v) is 8.40. The van der Waals surface area contributed by atoms with E-state index in [9.17, 15) is 14.0 Å². The summed E-state index contributed by atoms with van der Waals surface area (Å²) in [7, 11) is 1.78. The Bertz CT molecular complexity index is 1580. The van der Waals surface area contributed by atoms with Crippen LogP contribution in [-0.2, 0) is 11.3 Å². The lowest BCUT2D eigenvalue weighted by molar-refractivity contribution is -0.131. The van der Waals surface area contributed by atoms with Crippen LogP contribution in [-0.4, -0.2) is 77.5 Å². The number of amides is 3. The third-order valence-electron chi connectivity index (χ3n) is 7.23. The Kier molecular flexibility index (Phi) is 8.27. The van der Waals surface area contributed by atoms with Crippen molar-refractivity contribution in [3.8, 4) is 22.1 Å². The van der Waals surface area contributed by atoms with E-state index in [0.29, 0.717) is 18.0 Å². The fourth-order valence-electron chi connectivity index (χ4n) is 4.82. The van der Waals surface area contributed by atoms with Crippen molar-refractivity contribution < 1.29 is 18.7 Å². The first-order chi connectivity index (χ1) is 20.4. The number of aromatic nitrogens is 2. The number of carbonyl (C=O) groups excluding carboxylic acids is 2. The summed E-state index contributed by atoms with van der Waals surface area (Å²) in [6, 6.07) is 12.0. The van der Waals surface area contributed by atoms with E-state index in [4.69, 9.17) is 9.72 Å². The van der Waals surface area contributed by atoms with Crippen LogP contribution in [0.4, 0.5) is 14.9 Å². The fourth-order valence-corrected chi connectivity index (χ4v) is 5.86. The Labute approximate surface area is 246 Å². The molecule has 1 saturated carbocycles. The molecule has 4 aromatic rings. The van der Waals surface area contributed by atoms with E-state index < -0.39 is 5.82 Å². The number of ether oxygens (including phenoxy) is 1. The monoisotopic (exact) mass is 589 g/mol. The van der Waals surface area contributed by atoms with Crippen molar-refractivity contribution in [2.45, 2.75) is 25.4 Å². The molecular formula is C30H32FN7O3S. The molecule has 6 rings (SSSR count). The lowest BCUT2D eigenvalue weighted by Crippen LogP contribution is -2.50. The summed E-state index contributed by atoms with van der Waals surface area (Å²) in [5, 5.41) is 8.39. The summed E-state index contributed by atoms with van der Waals surface area (Å²) in [5.41, 5.74) is 3.02. The molecule has 1 saturated heterocycles. The number of fused-ring (bicyclic) bond motifs is 1. The second-order valence-electron chi connectivity index (χ2n) is 10.5. The average Bonchev–Trinajstić information content (AvgIpc) is 3.69. The lowest BCUT2D eigenvalue weighted by atomic mass is 10.2. The van der Waals surface area contributed by atoms with E-state index in [1.54, 1.807) is 25.4 Å². The number of hydrogen-bond donors (Lipinski definition) is 3. The van der Waals surface area contributed by atoms with Crippen LogP contribution in [0.5, 0.6) is 11.5 Å². The Morgan fingerprint density at radius 3 is 2.60 bits per heavy atom. The van der Waals surface area contributed by atoms with Crippen molar-refractivity contribution in [2.75, 3.05) is 45.1 Å². The zero-order valence-corrected chi connectivity index (χ0v) is 24.0. The van der Waals surface area contributed by atoms with E-state index in [2.05, 4.69) is 31.9 Å². The van der Waals surface area contributed by atoms with Gasteiger partial charge in [0.1, 0.15) is 5.75 Å². The summed E-state index contributed by atoms with van der Waals surface area (Å²) in [6.07, 6.45) is 5.47. The molecule has 0 atom stereocenters. The van der Waals surface area contributed by atoms with Gasteiger partial charge in [0, 0.05) is 69.0 Å². The number of anilines is 1. The van der Waals surface area contributed by atoms with Gasteiger partial charge < -0.3 is 25.6 Å². The van der Waals surface area contributed by atoms with Gasteiger partial charge in [-0.05, 0) is 49.7 Å². The molecular weight excluding hydrogens is 557 g/mol. The van der Waals surface area contributed by atoms with Gasteiger partial charge in [0.05, 0.1) is 27.3 Å². The van der Waals surface area contributed by atoms with E-state index in [-0.39, 0.29) is 23.7 Å². The molecule has 4 heterocycles. The minimum Gasteiger partial charge on any atom is -0.453 e. The molecule has 1 aliphatic heterocycles. The summed E-state index contributed by atoms with van der Waals surface area (Å²) < 4.78 is 21.6. The van der Waals surface area contributed by atoms with E-state index in [1.165, 1.54) is 23.5 Å². The molecule has 0 unspecified atom stereocenters. The maximum Gasteiger partial charge on any atom is 0.319 e. The van der Waals surface area contributed by atoms with Crippen molar-refractivity contribution in [1.29, 1.82) is 0 Å². The predicted molar refractivity (Wildman–Crippen MR) is 160 cm³/mol. The van der Waals surface area contributed by atoms with E-state index in [1.807, 2.05) is 23.2 Å². The van der Waals surface area contributed by atoms with Crippen LogP contribution in [0.1, 0.15) is 18.4 Å². The van der Waals surface area contributed by atoms with Crippen molar-refractivity contribution in [2.24, 2.45) is 0 Å². The van der Waals surface area contributed by atoms with Gasteiger partial charge in [-0.15, -0.1) is 11.3 Å². The number of thiophene rings is 1. The largest absolute Gasteiger partial charge is 0.453 e. The second kappa shape index (κ2) is 12.4. The van der Waals surface area contributed by atoms with Crippen molar-refractivity contribution in [3.05, 3.63) is 66.2 Å². The normalized spacial score (nSPS) is 15.5. The minimum atomic E-state index is -0.579. The molecule has 1 aromatic carbocycles. The van der Waals surface area contributed by atoms with Gasteiger partial charge in [-0.25, -0.2) is 9.18 Å². The molecule has 0 radical (unpaired) electrons. The molecule has 3 aromatic heterocycles. The van der Waals surface area contributed by atoms with Gasteiger partial charge in [0.15, 0.2) is 11.6 Å². The Morgan fingerprint density at radius 1 is 1.05 bits per heavy atom. The van der Waals surface area contributed by atoms with Crippen LogP contribution in [0.15, 0.2) is 54.9 Å². The van der Waals surface area contributed by atoms with E-state index >= 15 is 0 Å². The Hall–Kier alpha value is -4.13. The first kappa shape index (κ1) is 28.0. The number of likely N-dealkylation sites (N-methyl/N-ethyl adjacent to an activating group) is 1. The van der Waals surface area contributed by atoms with Gasteiger partial charge in [0.25, 0.3) is 0 Å². The summed E-state index contributed by atoms with van der Waals surface area (Å²) in [4.78, 5) is 38.4. The molecule has 2 fully saturated rings. The van der Waals surface area contributed by atoms with Crippen molar-refractivity contribution in [1.82, 2.24) is 30.4 Å². The van der Waals surface area contributed by atoms with Crippen LogP contribution in [0.25, 0.3) is 20.8 Å². The average molecular weight is 590 g/mol. The Morgan fingerprint density at radius 2 is 1.88 bits per heavy atom. The smallest absolute Gasteiger partial charge is 0.319 e. The number of pyridine rings is 2. The number of carbonyl (C=O) groups is 2. The van der Waals surface area contributed by atoms with Crippen molar-refractivity contribution >= 4 is 39.2 Å².